The first-order valence-corrected chi connectivity index (χ1v) is 7.22. The second-order valence-electron chi connectivity index (χ2n) is 3.97. The quantitative estimate of drug-likeness (QED) is 0.575. The topological polar surface area (TPSA) is 119 Å². The Morgan fingerprint density at radius 2 is 2.05 bits per heavy atom. The molecule has 0 bridgehead atoms. The molecule has 0 radical (unpaired) electrons. The summed E-state index contributed by atoms with van der Waals surface area (Å²) >= 11 is 0. The van der Waals surface area contributed by atoms with Crippen LogP contribution in [0.2, 0.25) is 0 Å². The lowest BCUT2D eigenvalue weighted by molar-refractivity contribution is 0.203. The van der Waals surface area contributed by atoms with E-state index in [-0.39, 0.29) is 11.5 Å². The number of primary sulfonamides is 1. The summed E-state index contributed by atoms with van der Waals surface area (Å²) in [6.45, 7) is 1.15. The Morgan fingerprint density at radius 1 is 1.37 bits per heavy atom. The molecule has 1 rings (SSSR count). The molecule has 0 spiro atoms. The van der Waals surface area contributed by atoms with Crippen LogP contribution in [0, 0.1) is 0 Å². The summed E-state index contributed by atoms with van der Waals surface area (Å²) in [5.74, 6) is 0. The van der Waals surface area contributed by atoms with Crippen molar-refractivity contribution in [2.24, 2.45) is 5.14 Å². The van der Waals surface area contributed by atoms with E-state index in [4.69, 9.17) is 20.7 Å². The monoisotopic (exact) mass is 289 g/mol. The summed E-state index contributed by atoms with van der Waals surface area (Å²) in [6.07, 6.45) is 0. The number of nitrogen functional groups attached to an aromatic ring is 1. The van der Waals surface area contributed by atoms with Gasteiger partial charge in [0.05, 0.1) is 29.5 Å². The van der Waals surface area contributed by atoms with E-state index in [1.165, 1.54) is 18.2 Å². The molecule has 8 heteroatoms. The van der Waals surface area contributed by atoms with E-state index < -0.39 is 10.0 Å². The number of hydrogen-bond acceptors (Lipinski definition) is 6. The van der Waals surface area contributed by atoms with E-state index >= 15 is 0 Å². The maximum atomic E-state index is 11.3. The van der Waals surface area contributed by atoms with Crippen molar-refractivity contribution in [2.75, 3.05) is 44.0 Å². The summed E-state index contributed by atoms with van der Waals surface area (Å²) in [5.41, 5.74) is 6.76. The highest BCUT2D eigenvalue weighted by Gasteiger charge is 2.14. The van der Waals surface area contributed by atoms with Crippen molar-refractivity contribution in [1.82, 2.24) is 0 Å². The Labute approximate surface area is 112 Å². The fraction of sp³-hybridized carbons (Fsp3) is 0.455. The van der Waals surface area contributed by atoms with E-state index in [1.807, 2.05) is 0 Å². The number of sulfonamides is 1. The molecule has 1 aromatic carbocycles. The van der Waals surface area contributed by atoms with Crippen LogP contribution in [0.15, 0.2) is 23.1 Å². The summed E-state index contributed by atoms with van der Waals surface area (Å²) in [6, 6.07) is 4.23. The highest BCUT2D eigenvalue weighted by molar-refractivity contribution is 7.89. The second-order valence-corrected chi connectivity index (χ2v) is 5.53. The molecule has 0 saturated heterocycles. The van der Waals surface area contributed by atoms with Crippen molar-refractivity contribution in [3.05, 3.63) is 18.2 Å². The van der Waals surface area contributed by atoms with E-state index in [9.17, 15) is 8.42 Å². The smallest absolute Gasteiger partial charge is 0.238 e. The van der Waals surface area contributed by atoms with Crippen LogP contribution in [0.1, 0.15) is 0 Å². The largest absolute Gasteiger partial charge is 0.397 e. The van der Waals surface area contributed by atoms with Gasteiger partial charge in [-0.2, -0.15) is 0 Å². The van der Waals surface area contributed by atoms with Crippen LogP contribution in [-0.4, -0.2) is 46.9 Å². The molecule has 0 amide bonds. The van der Waals surface area contributed by atoms with Crippen LogP contribution in [0.25, 0.3) is 0 Å². The van der Waals surface area contributed by atoms with Gasteiger partial charge in [0.15, 0.2) is 0 Å². The number of anilines is 2. The van der Waals surface area contributed by atoms with Gasteiger partial charge in [0, 0.05) is 20.2 Å². The maximum Gasteiger partial charge on any atom is 0.238 e. The molecule has 0 heterocycles. The second kappa shape index (κ2) is 6.71. The highest BCUT2D eigenvalue weighted by Crippen LogP contribution is 2.26. The predicted molar refractivity (Wildman–Crippen MR) is 73.4 cm³/mol. The van der Waals surface area contributed by atoms with Gasteiger partial charge in [0.1, 0.15) is 0 Å². The first-order valence-electron chi connectivity index (χ1n) is 5.67. The molecule has 0 aliphatic heterocycles. The lowest BCUT2D eigenvalue weighted by atomic mass is 10.2. The van der Waals surface area contributed by atoms with Crippen molar-refractivity contribution in [2.45, 2.75) is 4.90 Å². The normalized spacial score (nSPS) is 11.5. The molecular weight excluding hydrogens is 270 g/mol. The van der Waals surface area contributed by atoms with Crippen LogP contribution in [0.5, 0.6) is 0 Å². The van der Waals surface area contributed by atoms with Crippen molar-refractivity contribution in [3.8, 4) is 0 Å². The zero-order chi connectivity index (χ0) is 14.5. The van der Waals surface area contributed by atoms with E-state index in [2.05, 4.69) is 0 Å². The SMILES string of the molecule is COCCN(CCO)c1cc(S(N)(=O)=O)ccc1N. The van der Waals surface area contributed by atoms with Gasteiger partial charge >= 0.3 is 0 Å². The number of nitrogens with zero attached hydrogens (tertiary/aromatic N) is 1. The third-order valence-corrected chi connectivity index (χ3v) is 3.52. The molecule has 0 aliphatic rings. The molecule has 0 atom stereocenters. The molecule has 0 aromatic heterocycles. The average Bonchev–Trinajstić information content (AvgIpc) is 2.34. The third-order valence-electron chi connectivity index (χ3n) is 2.61. The Bertz CT molecular complexity index is 519. The van der Waals surface area contributed by atoms with Crippen molar-refractivity contribution >= 4 is 21.4 Å². The minimum atomic E-state index is -3.79. The zero-order valence-electron chi connectivity index (χ0n) is 10.7. The van der Waals surface area contributed by atoms with Gasteiger partial charge in [-0.1, -0.05) is 0 Å². The Hall–Kier alpha value is -1.35. The fourth-order valence-electron chi connectivity index (χ4n) is 1.65. The van der Waals surface area contributed by atoms with Crippen LogP contribution in [0.4, 0.5) is 11.4 Å². The van der Waals surface area contributed by atoms with Crippen molar-refractivity contribution < 1.29 is 18.3 Å². The molecule has 7 nitrogen and oxygen atoms in total. The summed E-state index contributed by atoms with van der Waals surface area (Å²) < 4.78 is 27.6. The molecule has 19 heavy (non-hydrogen) atoms. The molecular formula is C11H19N3O4S. The van der Waals surface area contributed by atoms with Crippen molar-refractivity contribution in [1.29, 1.82) is 0 Å². The minimum Gasteiger partial charge on any atom is -0.397 e. The molecule has 1 aromatic rings. The number of hydrogen-bond donors (Lipinski definition) is 3. The van der Waals surface area contributed by atoms with E-state index in [1.54, 1.807) is 12.0 Å². The number of aliphatic hydroxyl groups excluding tert-OH is 1. The van der Waals surface area contributed by atoms with Gasteiger partial charge in [-0.05, 0) is 18.2 Å². The van der Waals surface area contributed by atoms with Crippen LogP contribution in [-0.2, 0) is 14.8 Å². The average molecular weight is 289 g/mol. The molecule has 5 N–H and O–H groups in total. The fourth-order valence-corrected chi connectivity index (χ4v) is 2.18. The van der Waals surface area contributed by atoms with Gasteiger partial charge in [-0.15, -0.1) is 0 Å². The lowest BCUT2D eigenvalue weighted by Gasteiger charge is -2.25. The zero-order valence-corrected chi connectivity index (χ0v) is 11.6. The molecule has 0 aliphatic carbocycles. The maximum absolute atomic E-state index is 11.3. The van der Waals surface area contributed by atoms with Crippen LogP contribution < -0.4 is 15.8 Å². The third kappa shape index (κ3) is 4.35. The van der Waals surface area contributed by atoms with Gasteiger partial charge in [0.25, 0.3) is 0 Å². The van der Waals surface area contributed by atoms with Gasteiger partial charge in [-0.25, -0.2) is 13.6 Å². The summed E-state index contributed by atoms with van der Waals surface area (Å²) in [7, 11) is -2.23. The number of rotatable bonds is 7. The van der Waals surface area contributed by atoms with Crippen LogP contribution >= 0.6 is 0 Å². The summed E-state index contributed by atoms with van der Waals surface area (Å²) in [4.78, 5) is 1.73. The summed E-state index contributed by atoms with van der Waals surface area (Å²) in [5, 5.41) is 14.1. The first kappa shape index (κ1) is 15.7. The van der Waals surface area contributed by atoms with Gasteiger partial charge in [-0.3, -0.25) is 0 Å². The standard InChI is InChI=1S/C11H19N3O4S/c1-18-7-5-14(4-6-15)11-8-9(19(13,16)17)2-3-10(11)12/h2-3,8,15H,4-7,12H2,1H3,(H2,13,16,17). The molecule has 108 valence electrons. The number of aliphatic hydroxyl groups is 1. The van der Waals surface area contributed by atoms with Crippen LogP contribution in [0.3, 0.4) is 0 Å². The van der Waals surface area contributed by atoms with Crippen molar-refractivity contribution in [3.63, 3.8) is 0 Å². The minimum absolute atomic E-state index is 0.0166. The molecule has 0 unspecified atom stereocenters. The Balaban J connectivity index is 3.13. The number of ether oxygens (including phenoxy) is 1. The lowest BCUT2D eigenvalue weighted by Crippen LogP contribution is -2.31. The first-order chi connectivity index (χ1) is 8.90. The predicted octanol–water partition coefficient (Wildman–Crippen LogP) is -0.639. The van der Waals surface area contributed by atoms with E-state index in [0.29, 0.717) is 31.1 Å². The van der Waals surface area contributed by atoms with E-state index in [0.717, 1.165) is 0 Å². The number of methoxy groups -OCH3 is 1. The Kier molecular flexibility index (Phi) is 5.55. The molecule has 0 saturated carbocycles. The van der Waals surface area contributed by atoms with Gasteiger partial charge < -0.3 is 20.5 Å². The number of benzene rings is 1. The highest BCUT2D eigenvalue weighted by atomic mass is 32.2. The molecule has 0 fully saturated rings. The number of nitrogens with two attached hydrogens (primary N) is 2. The Morgan fingerprint density at radius 3 is 2.58 bits per heavy atom. The van der Waals surface area contributed by atoms with Gasteiger partial charge in [0.2, 0.25) is 10.0 Å².